The van der Waals surface area contributed by atoms with Crippen LogP contribution in [0.15, 0.2) is 48.5 Å². The molecular formula is C22H28N2O3. The van der Waals surface area contributed by atoms with E-state index in [4.69, 9.17) is 9.47 Å². The predicted octanol–water partition coefficient (Wildman–Crippen LogP) is 3.44. The third-order valence-corrected chi connectivity index (χ3v) is 4.73. The predicted molar refractivity (Wildman–Crippen MR) is 106 cm³/mol. The van der Waals surface area contributed by atoms with Gasteiger partial charge in [-0.25, -0.2) is 0 Å². The van der Waals surface area contributed by atoms with E-state index in [2.05, 4.69) is 11.0 Å². The maximum atomic E-state index is 12.7. The van der Waals surface area contributed by atoms with Gasteiger partial charge in [0.15, 0.2) is 0 Å². The van der Waals surface area contributed by atoms with Gasteiger partial charge < -0.3 is 14.4 Å². The summed E-state index contributed by atoms with van der Waals surface area (Å²) in [5.41, 5.74) is 1.90. The van der Waals surface area contributed by atoms with Crippen LogP contribution in [-0.2, 0) is 6.54 Å². The number of methoxy groups -OCH3 is 1. The SMILES string of the molecule is COc1ccc(C(=O)N2CCN(Cc3ccccc3OC(C)C)CC2)cc1. The van der Waals surface area contributed by atoms with E-state index in [1.54, 1.807) is 7.11 Å². The Kier molecular flexibility index (Phi) is 6.35. The van der Waals surface area contributed by atoms with E-state index in [9.17, 15) is 4.79 Å². The lowest BCUT2D eigenvalue weighted by atomic mass is 10.1. The third kappa shape index (κ3) is 5.01. The van der Waals surface area contributed by atoms with Gasteiger partial charge in [0.1, 0.15) is 11.5 Å². The van der Waals surface area contributed by atoms with E-state index in [-0.39, 0.29) is 12.0 Å². The van der Waals surface area contributed by atoms with Crippen LogP contribution in [0.1, 0.15) is 29.8 Å². The number of para-hydroxylation sites is 1. The van der Waals surface area contributed by atoms with Crippen molar-refractivity contribution in [1.29, 1.82) is 0 Å². The Morgan fingerprint density at radius 1 is 1.00 bits per heavy atom. The standard InChI is InChI=1S/C22H28N2O3/c1-17(2)27-21-7-5-4-6-19(21)16-23-12-14-24(15-13-23)22(25)18-8-10-20(26-3)11-9-18/h4-11,17H,12-16H2,1-3H3. The first-order chi connectivity index (χ1) is 13.1. The average molecular weight is 368 g/mol. The van der Waals surface area contributed by atoms with Gasteiger partial charge in [0.2, 0.25) is 0 Å². The van der Waals surface area contributed by atoms with Crippen molar-refractivity contribution in [2.24, 2.45) is 0 Å². The van der Waals surface area contributed by atoms with Crippen LogP contribution in [0.4, 0.5) is 0 Å². The first-order valence-electron chi connectivity index (χ1n) is 9.47. The van der Waals surface area contributed by atoms with Crippen molar-refractivity contribution in [3.05, 3.63) is 59.7 Å². The zero-order valence-corrected chi connectivity index (χ0v) is 16.4. The molecule has 1 fully saturated rings. The van der Waals surface area contributed by atoms with Crippen molar-refractivity contribution in [1.82, 2.24) is 9.80 Å². The van der Waals surface area contributed by atoms with E-state index in [1.165, 1.54) is 5.56 Å². The highest BCUT2D eigenvalue weighted by atomic mass is 16.5. The molecule has 27 heavy (non-hydrogen) atoms. The summed E-state index contributed by atoms with van der Waals surface area (Å²) in [6.45, 7) is 8.11. The monoisotopic (exact) mass is 368 g/mol. The lowest BCUT2D eigenvalue weighted by Gasteiger charge is -2.35. The lowest BCUT2D eigenvalue weighted by molar-refractivity contribution is 0.0626. The summed E-state index contributed by atoms with van der Waals surface area (Å²) >= 11 is 0. The Morgan fingerprint density at radius 3 is 2.30 bits per heavy atom. The molecule has 1 aliphatic heterocycles. The minimum atomic E-state index is 0.0841. The summed E-state index contributed by atoms with van der Waals surface area (Å²) in [6.07, 6.45) is 0.158. The maximum absolute atomic E-state index is 12.7. The second-order valence-corrected chi connectivity index (χ2v) is 7.07. The van der Waals surface area contributed by atoms with Crippen molar-refractivity contribution in [3.8, 4) is 11.5 Å². The number of ether oxygens (including phenoxy) is 2. The van der Waals surface area contributed by atoms with Gasteiger partial charge in [0.05, 0.1) is 13.2 Å². The van der Waals surface area contributed by atoms with Gasteiger partial charge in [-0.2, -0.15) is 0 Å². The van der Waals surface area contributed by atoms with Crippen molar-refractivity contribution in [2.75, 3.05) is 33.3 Å². The first kappa shape index (κ1) is 19.2. The third-order valence-electron chi connectivity index (χ3n) is 4.73. The molecule has 2 aromatic rings. The summed E-state index contributed by atoms with van der Waals surface area (Å²) in [7, 11) is 1.63. The number of rotatable bonds is 6. The fourth-order valence-electron chi connectivity index (χ4n) is 3.27. The van der Waals surface area contributed by atoms with Crippen molar-refractivity contribution >= 4 is 5.91 Å². The molecule has 0 radical (unpaired) electrons. The second-order valence-electron chi connectivity index (χ2n) is 7.07. The molecule has 1 saturated heterocycles. The smallest absolute Gasteiger partial charge is 0.253 e. The Bertz CT molecular complexity index is 750. The highest BCUT2D eigenvalue weighted by Gasteiger charge is 2.22. The number of piperazine rings is 1. The molecule has 1 aliphatic rings. The van der Waals surface area contributed by atoms with Crippen LogP contribution in [0.3, 0.4) is 0 Å². The first-order valence-corrected chi connectivity index (χ1v) is 9.47. The summed E-state index contributed by atoms with van der Waals surface area (Å²) in [4.78, 5) is 17.0. The molecule has 0 spiro atoms. The quantitative estimate of drug-likeness (QED) is 0.783. The van der Waals surface area contributed by atoms with Gasteiger partial charge in [0.25, 0.3) is 5.91 Å². The molecule has 1 amide bonds. The summed E-state index contributed by atoms with van der Waals surface area (Å²) < 4.78 is 11.1. The molecule has 0 unspecified atom stereocenters. The lowest BCUT2D eigenvalue weighted by Crippen LogP contribution is -2.48. The summed E-state index contributed by atoms with van der Waals surface area (Å²) in [6, 6.07) is 15.5. The Balaban J connectivity index is 1.56. The van der Waals surface area contributed by atoms with E-state index in [0.29, 0.717) is 5.56 Å². The normalized spacial score (nSPS) is 15.0. The molecule has 5 heteroatoms. The van der Waals surface area contributed by atoms with E-state index >= 15 is 0 Å². The highest BCUT2D eigenvalue weighted by Crippen LogP contribution is 2.22. The largest absolute Gasteiger partial charge is 0.497 e. The Hall–Kier alpha value is -2.53. The van der Waals surface area contributed by atoms with Crippen LogP contribution >= 0.6 is 0 Å². The van der Waals surface area contributed by atoms with Crippen LogP contribution in [-0.4, -0.2) is 55.1 Å². The van der Waals surface area contributed by atoms with Gasteiger partial charge in [0, 0.05) is 43.9 Å². The minimum Gasteiger partial charge on any atom is -0.497 e. The highest BCUT2D eigenvalue weighted by molar-refractivity contribution is 5.94. The number of carbonyl (C=O) groups is 1. The van der Waals surface area contributed by atoms with Crippen LogP contribution in [0.5, 0.6) is 11.5 Å². The molecule has 1 heterocycles. The maximum Gasteiger partial charge on any atom is 0.253 e. The van der Waals surface area contributed by atoms with Gasteiger partial charge in [-0.1, -0.05) is 18.2 Å². The molecule has 5 nitrogen and oxygen atoms in total. The number of hydrogen-bond donors (Lipinski definition) is 0. The molecule has 0 saturated carbocycles. The van der Waals surface area contributed by atoms with Gasteiger partial charge in [-0.05, 0) is 44.2 Å². The number of nitrogens with zero attached hydrogens (tertiary/aromatic N) is 2. The van der Waals surface area contributed by atoms with Gasteiger partial charge >= 0.3 is 0 Å². The van der Waals surface area contributed by atoms with E-state index < -0.39 is 0 Å². The zero-order valence-electron chi connectivity index (χ0n) is 16.4. The molecule has 0 N–H and O–H groups in total. The zero-order chi connectivity index (χ0) is 19.2. The van der Waals surface area contributed by atoms with Crippen LogP contribution in [0.2, 0.25) is 0 Å². The van der Waals surface area contributed by atoms with Crippen molar-refractivity contribution < 1.29 is 14.3 Å². The number of carbonyl (C=O) groups excluding carboxylic acids is 1. The molecule has 0 bridgehead atoms. The Morgan fingerprint density at radius 2 is 1.67 bits per heavy atom. The summed E-state index contributed by atoms with van der Waals surface area (Å²) in [5, 5.41) is 0. The van der Waals surface area contributed by atoms with E-state index in [1.807, 2.05) is 61.2 Å². The van der Waals surface area contributed by atoms with E-state index in [0.717, 1.165) is 44.2 Å². The molecule has 2 aromatic carbocycles. The molecule has 0 aliphatic carbocycles. The van der Waals surface area contributed by atoms with Crippen molar-refractivity contribution in [2.45, 2.75) is 26.5 Å². The summed E-state index contributed by atoms with van der Waals surface area (Å²) in [5.74, 6) is 1.80. The Labute approximate surface area is 161 Å². The van der Waals surface area contributed by atoms with Crippen molar-refractivity contribution in [3.63, 3.8) is 0 Å². The van der Waals surface area contributed by atoms with Gasteiger partial charge in [-0.3, -0.25) is 9.69 Å². The molecule has 0 atom stereocenters. The van der Waals surface area contributed by atoms with Crippen LogP contribution in [0, 0.1) is 0 Å². The number of hydrogen-bond acceptors (Lipinski definition) is 4. The topological polar surface area (TPSA) is 42.0 Å². The van der Waals surface area contributed by atoms with Gasteiger partial charge in [-0.15, -0.1) is 0 Å². The van der Waals surface area contributed by atoms with Crippen LogP contribution < -0.4 is 9.47 Å². The number of benzene rings is 2. The molecule has 0 aromatic heterocycles. The number of amides is 1. The fraction of sp³-hybridized carbons (Fsp3) is 0.409. The minimum absolute atomic E-state index is 0.0841. The molecule has 144 valence electrons. The fourth-order valence-corrected chi connectivity index (χ4v) is 3.27. The molecule has 3 rings (SSSR count). The average Bonchev–Trinajstić information content (AvgIpc) is 2.69. The second kappa shape index (κ2) is 8.91. The molecular weight excluding hydrogens is 340 g/mol. The van der Waals surface area contributed by atoms with Crippen LogP contribution in [0.25, 0.3) is 0 Å².